The highest BCUT2D eigenvalue weighted by Crippen LogP contribution is 2.48. The average Bonchev–Trinajstić information content (AvgIpc) is 3.22. The van der Waals surface area contributed by atoms with E-state index in [9.17, 15) is 10.2 Å². The van der Waals surface area contributed by atoms with Crippen molar-refractivity contribution in [3.8, 4) is 11.4 Å². The molecule has 7 nitrogen and oxygen atoms in total. The summed E-state index contributed by atoms with van der Waals surface area (Å²) in [5.41, 5.74) is 0.631. The third kappa shape index (κ3) is 4.89. The number of benzene rings is 1. The summed E-state index contributed by atoms with van der Waals surface area (Å²) in [5.74, 6) is 0.448. The van der Waals surface area contributed by atoms with Gasteiger partial charge in [-0.2, -0.15) is 4.98 Å². The van der Waals surface area contributed by atoms with Crippen LogP contribution in [0.2, 0.25) is 0 Å². The highest BCUT2D eigenvalue weighted by molar-refractivity contribution is 5.85. The Bertz CT molecular complexity index is 1130. The molecule has 1 saturated heterocycles. The lowest BCUT2D eigenvalue weighted by Crippen LogP contribution is -2.63. The minimum atomic E-state index is -1.26. The first-order valence-electron chi connectivity index (χ1n) is 11.4. The van der Waals surface area contributed by atoms with E-state index in [1.54, 1.807) is 26.2 Å². The van der Waals surface area contributed by atoms with E-state index in [1.807, 2.05) is 18.2 Å². The van der Waals surface area contributed by atoms with Gasteiger partial charge in [-0.15, -0.1) is 12.4 Å². The molecule has 1 fully saturated rings. The number of halogens is 1. The van der Waals surface area contributed by atoms with Gasteiger partial charge in [0.15, 0.2) is 0 Å². The zero-order valence-electron chi connectivity index (χ0n) is 20.7. The van der Waals surface area contributed by atoms with Crippen molar-refractivity contribution >= 4 is 12.4 Å². The van der Waals surface area contributed by atoms with Crippen LogP contribution in [0.1, 0.15) is 64.1 Å². The molecule has 0 saturated carbocycles. The van der Waals surface area contributed by atoms with Crippen molar-refractivity contribution in [3.63, 3.8) is 0 Å². The molecule has 1 aliphatic heterocycles. The van der Waals surface area contributed by atoms with Gasteiger partial charge in [0, 0.05) is 42.0 Å². The first kappa shape index (κ1) is 26.3. The van der Waals surface area contributed by atoms with Crippen molar-refractivity contribution < 1.29 is 14.7 Å². The van der Waals surface area contributed by atoms with Gasteiger partial charge in [0.1, 0.15) is 11.2 Å². The monoisotopic (exact) mass is 486 g/mol. The second-order valence-corrected chi connectivity index (χ2v) is 11.3. The minimum Gasteiger partial charge on any atom is -0.381 e. The van der Waals surface area contributed by atoms with Crippen LogP contribution in [-0.2, 0) is 17.6 Å². The Hall–Kier alpha value is -2.32. The maximum Gasteiger partial charge on any atom is 0.258 e. The van der Waals surface area contributed by atoms with Gasteiger partial charge >= 0.3 is 0 Å². The Morgan fingerprint density at radius 2 is 1.65 bits per heavy atom. The lowest BCUT2D eigenvalue weighted by Gasteiger charge is -2.52. The summed E-state index contributed by atoms with van der Waals surface area (Å²) in [6.07, 6.45) is 4.30. The molecular weight excluding hydrogens is 452 g/mol. The highest BCUT2D eigenvalue weighted by atomic mass is 35.5. The molecule has 8 heteroatoms. The van der Waals surface area contributed by atoms with E-state index in [4.69, 9.17) is 4.52 Å². The fourth-order valence-electron chi connectivity index (χ4n) is 4.44. The number of aliphatic hydroxyl groups is 2. The standard InChI is InChI=1S/C26H34N4O3.ClH/c1-23(2,3)12-17-7-9-19(10-8-17)26(32,25(6)15-28-16-25)20-11-18(13-27-14-20)21-29-22(33-30-21)24(4,5)31;/h7-11,13-14,28,31-32H,12,15-16H2,1-6H3;1H. The summed E-state index contributed by atoms with van der Waals surface area (Å²) in [4.78, 5) is 8.73. The van der Waals surface area contributed by atoms with Crippen molar-refractivity contribution in [3.05, 3.63) is 65.3 Å². The van der Waals surface area contributed by atoms with E-state index in [0.717, 1.165) is 12.0 Å². The summed E-state index contributed by atoms with van der Waals surface area (Å²) < 4.78 is 5.23. The Kier molecular flexibility index (Phi) is 6.99. The molecule has 1 aliphatic rings. The molecule has 3 aromatic rings. The fraction of sp³-hybridized carbons (Fsp3) is 0.500. The normalized spacial score (nSPS) is 17.4. The van der Waals surface area contributed by atoms with Crippen molar-refractivity contribution in [2.45, 2.75) is 59.2 Å². The molecule has 0 aliphatic carbocycles. The predicted molar refractivity (Wildman–Crippen MR) is 134 cm³/mol. The molecule has 0 radical (unpaired) electrons. The van der Waals surface area contributed by atoms with E-state index in [0.29, 0.717) is 30.0 Å². The van der Waals surface area contributed by atoms with Gasteiger partial charge in [-0.3, -0.25) is 4.98 Å². The van der Waals surface area contributed by atoms with E-state index < -0.39 is 16.6 Å². The lowest BCUT2D eigenvalue weighted by molar-refractivity contribution is -0.0769. The van der Waals surface area contributed by atoms with Crippen LogP contribution < -0.4 is 5.32 Å². The first-order chi connectivity index (χ1) is 15.3. The average molecular weight is 487 g/mol. The van der Waals surface area contributed by atoms with Gasteiger partial charge in [-0.05, 0) is 42.9 Å². The van der Waals surface area contributed by atoms with E-state index in [2.05, 4.69) is 60.3 Å². The van der Waals surface area contributed by atoms with E-state index in [-0.39, 0.29) is 23.7 Å². The van der Waals surface area contributed by atoms with Crippen LogP contribution >= 0.6 is 12.4 Å². The Morgan fingerprint density at radius 1 is 1.00 bits per heavy atom. The third-order valence-corrected chi connectivity index (χ3v) is 6.37. The highest BCUT2D eigenvalue weighted by Gasteiger charge is 2.53. The third-order valence-electron chi connectivity index (χ3n) is 6.37. The fourth-order valence-corrected chi connectivity index (χ4v) is 4.44. The summed E-state index contributed by atoms with van der Waals surface area (Å²) in [5, 5.41) is 29.8. The van der Waals surface area contributed by atoms with Gasteiger partial charge in [0.05, 0.1) is 0 Å². The van der Waals surface area contributed by atoms with Crippen LogP contribution in [0.3, 0.4) is 0 Å². The van der Waals surface area contributed by atoms with Crippen molar-refractivity contribution in [2.75, 3.05) is 13.1 Å². The largest absolute Gasteiger partial charge is 0.381 e. The van der Waals surface area contributed by atoms with E-state index in [1.165, 1.54) is 5.56 Å². The lowest BCUT2D eigenvalue weighted by atomic mass is 9.63. The Labute approximate surface area is 207 Å². The maximum atomic E-state index is 12.3. The molecule has 0 bridgehead atoms. The summed E-state index contributed by atoms with van der Waals surface area (Å²) in [6, 6.07) is 10.1. The molecular formula is C26H35ClN4O3. The smallest absolute Gasteiger partial charge is 0.258 e. The van der Waals surface area contributed by atoms with Crippen molar-refractivity contribution in [1.82, 2.24) is 20.4 Å². The number of nitrogens with one attached hydrogen (secondary N) is 1. The molecule has 0 amide bonds. The Balaban J connectivity index is 0.00000324. The quantitative estimate of drug-likeness (QED) is 0.479. The molecule has 1 atom stereocenters. The molecule has 184 valence electrons. The zero-order valence-corrected chi connectivity index (χ0v) is 21.5. The molecule has 3 N–H and O–H groups in total. The zero-order chi connectivity index (χ0) is 24.1. The van der Waals surface area contributed by atoms with Crippen molar-refractivity contribution in [1.29, 1.82) is 0 Å². The molecule has 34 heavy (non-hydrogen) atoms. The SMILES string of the molecule is CC(C)(C)Cc1ccc(C(O)(c2cncc(-c3noc(C(C)(C)O)n3)c2)C2(C)CNC2)cc1.Cl. The maximum absolute atomic E-state index is 12.3. The number of nitrogens with zero attached hydrogens (tertiary/aromatic N) is 3. The number of aromatic nitrogens is 3. The van der Waals surface area contributed by atoms with Crippen LogP contribution in [0, 0.1) is 10.8 Å². The van der Waals surface area contributed by atoms with Crippen molar-refractivity contribution in [2.24, 2.45) is 10.8 Å². The van der Waals surface area contributed by atoms with Gasteiger partial charge in [-0.1, -0.05) is 57.1 Å². The number of hydrogen-bond acceptors (Lipinski definition) is 7. The molecule has 2 aromatic heterocycles. The van der Waals surface area contributed by atoms with Gasteiger partial charge in [-0.25, -0.2) is 0 Å². The van der Waals surface area contributed by atoms with Crippen LogP contribution in [0.5, 0.6) is 0 Å². The topological polar surface area (TPSA) is 104 Å². The molecule has 4 rings (SSSR count). The van der Waals surface area contributed by atoms with Gasteiger partial charge in [0.2, 0.25) is 5.82 Å². The predicted octanol–water partition coefficient (Wildman–Crippen LogP) is 4.21. The van der Waals surface area contributed by atoms with Crippen LogP contribution in [0.15, 0.2) is 47.2 Å². The number of pyridine rings is 1. The summed E-state index contributed by atoms with van der Waals surface area (Å²) in [6.45, 7) is 13.3. The van der Waals surface area contributed by atoms with Crippen LogP contribution in [0.4, 0.5) is 0 Å². The van der Waals surface area contributed by atoms with E-state index >= 15 is 0 Å². The molecule has 1 unspecified atom stereocenters. The number of hydrogen-bond donors (Lipinski definition) is 3. The minimum absolute atomic E-state index is 0. The summed E-state index contributed by atoms with van der Waals surface area (Å²) >= 11 is 0. The van der Waals surface area contributed by atoms with Gasteiger partial charge < -0.3 is 20.1 Å². The first-order valence-corrected chi connectivity index (χ1v) is 11.4. The molecule has 1 aromatic carbocycles. The molecule has 3 heterocycles. The van der Waals surface area contributed by atoms with Gasteiger partial charge in [0.25, 0.3) is 5.89 Å². The second-order valence-electron chi connectivity index (χ2n) is 11.3. The second kappa shape index (κ2) is 9.04. The van der Waals surface area contributed by atoms with Crippen LogP contribution in [0.25, 0.3) is 11.4 Å². The summed E-state index contributed by atoms with van der Waals surface area (Å²) in [7, 11) is 0. The Morgan fingerprint density at radius 3 is 2.15 bits per heavy atom. The molecule has 0 spiro atoms. The van der Waals surface area contributed by atoms with Crippen LogP contribution in [-0.4, -0.2) is 38.4 Å². The number of rotatable bonds is 6.